The Morgan fingerprint density at radius 2 is 1.24 bits per heavy atom. The Labute approximate surface area is 201 Å². The van der Waals surface area contributed by atoms with Crippen molar-refractivity contribution < 1.29 is 47.6 Å². The van der Waals surface area contributed by atoms with E-state index in [0.717, 1.165) is 12.8 Å². The zero-order valence-electron chi connectivity index (χ0n) is 18.9. The maximum absolute atomic E-state index is 11.4. The number of aliphatic imine (C=N–C) groups is 1. The van der Waals surface area contributed by atoms with E-state index in [1.54, 1.807) is 6.08 Å². The molecule has 0 heterocycles. The normalized spacial score (nSPS) is 12.4. The van der Waals surface area contributed by atoms with Crippen LogP contribution in [0.15, 0.2) is 17.1 Å². The van der Waals surface area contributed by atoms with Crippen LogP contribution in [0.4, 0.5) is 0 Å². The van der Waals surface area contributed by atoms with Crippen LogP contribution < -0.4 is 34.7 Å². The molecular formula is C22H42NNaO4S. The molecule has 0 amide bonds. The number of allylic oxidation sites excluding steroid dienone is 1. The molecule has 0 saturated carbocycles. The number of hydrogen-bond donors (Lipinski definition) is 1. The first-order valence-electron chi connectivity index (χ1n) is 11.3. The van der Waals surface area contributed by atoms with Gasteiger partial charge in [-0.2, -0.15) is 8.42 Å². The second kappa shape index (κ2) is 22.8. The largest absolute Gasteiger partial charge is 1.00 e. The maximum atomic E-state index is 11.4. The summed E-state index contributed by atoms with van der Waals surface area (Å²) >= 11 is 0. The predicted molar refractivity (Wildman–Crippen MR) is 117 cm³/mol. The van der Waals surface area contributed by atoms with E-state index in [4.69, 9.17) is 4.55 Å². The minimum absolute atomic E-state index is 0. The number of rotatable bonds is 20. The van der Waals surface area contributed by atoms with Crippen LogP contribution in [-0.4, -0.2) is 31.2 Å². The predicted octanol–water partition coefficient (Wildman–Crippen LogP) is 2.45. The molecule has 5 nitrogen and oxygen atoms in total. The van der Waals surface area contributed by atoms with Gasteiger partial charge >= 0.3 is 29.6 Å². The molecule has 0 rings (SSSR count). The first kappa shape index (κ1) is 31.3. The molecule has 1 N–H and O–H groups in total. The molecule has 7 heteroatoms. The van der Waals surface area contributed by atoms with Crippen molar-refractivity contribution in [1.29, 1.82) is 0 Å². The van der Waals surface area contributed by atoms with E-state index in [1.807, 2.05) is 0 Å². The molecule has 0 radical (unpaired) electrons. The third-order valence-corrected chi connectivity index (χ3v) is 5.55. The summed E-state index contributed by atoms with van der Waals surface area (Å²) in [4.78, 5) is 3.56. The van der Waals surface area contributed by atoms with Gasteiger partial charge in [0.1, 0.15) is 0 Å². The molecule has 0 fully saturated rings. The van der Waals surface area contributed by atoms with Crippen LogP contribution in [0.5, 0.6) is 0 Å². The Kier molecular flexibility index (Phi) is 24.6. The SMILES string of the molecule is CCCCCCCCCCCCCCCCC/C=C/C([O-])=NCCS(=O)(=O)O.[Na+]. The molecule has 0 aliphatic rings. The third-order valence-electron chi connectivity index (χ3n) is 4.85. The van der Waals surface area contributed by atoms with E-state index in [9.17, 15) is 13.5 Å². The average molecular weight is 440 g/mol. The van der Waals surface area contributed by atoms with Crippen molar-refractivity contribution >= 4 is 16.0 Å². The van der Waals surface area contributed by atoms with Crippen LogP contribution in [-0.2, 0) is 10.1 Å². The second-order valence-electron chi connectivity index (χ2n) is 7.65. The standard InChI is InChI=1S/C22H43NO4S.Na/c1-2-3-4-5-6-7-8-9-10-11-12-13-14-15-16-17-18-19-22(24)23-20-21-28(25,26)27;/h18-19H,2-17,20-21H2,1H3,(H,23,24)(H,25,26,27);/q;+1/p-1/b19-18+;. The summed E-state index contributed by atoms with van der Waals surface area (Å²) in [5.41, 5.74) is 0. The van der Waals surface area contributed by atoms with Crippen molar-refractivity contribution in [2.24, 2.45) is 4.99 Å². The van der Waals surface area contributed by atoms with Gasteiger partial charge in [-0.1, -0.05) is 109 Å². The average Bonchev–Trinajstić information content (AvgIpc) is 2.63. The zero-order valence-corrected chi connectivity index (χ0v) is 21.7. The Morgan fingerprint density at radius 3 is 1.66 bits per heavy atom. The summed E-state index contributed by atoms with van der Waals surface area (Å²) < 4.78 is 29.6. The smallest absolute Gasteiger partial charge is 0.859 e. The van der Waals surface area contributed by atoms with Crippen LogP contribution in [0.3, 0.4) is 0 Å². The van der Waals surface area contributed by atoms with Gasteiger partial charge in [0.15, 0.2) is 0 Å². The molecule has 166 valence electrons. The van der Waals surface area contributed by atoms with Gasteiger partial charge in [-0.25, -0.2) is 0 Å². The van der Waals surface area contributed by atoms with Gasteiger partial charge in [0, 0.05) is 0 Å². The monoisotopic (exact) mass is 439 g/mol. The first-order chi connectivity index (χ1) is 13.5. The van der Waals surface area contributed by atoms with Crippen molar-refractivity contribution in [1.82, 2.24) is 0 Å². The van der Waals surface area contributed by atoms with Gasteiger partial charge in [0.05, 0.1) is 12.3 Å². The van der Waals surface area contributed by atoms with Crippen LogP contribution in [0, 0.1) is 0 Å². The molecular weight excluding hydrogens is 397 g/mol. The molecule has 0 unspecified atom stereocenters. The van der Waals surface area contributed by atoms with Crippen LogP contribution in [0.1, 0.15) is 110 Å². The van der Waals surface area contributed by atoms with E-state index >= 15 is 0 Å². The fraction of sp³-hybridized carbons (Fsp3) is 0.864. The van der Waals surface area contributed by atoms with E-state index in [-0.39, 0.29) is 36.1 Å². The molecule has 0 aromatic rings. The number of hydrogen-bond acceptors (Lipinski definition) is 4. The number of unbranched alkanes of at least 4 members (excludes halogenated alkanes) is 15. The second-order valence-corrected chi connectivity index (χ2v) is 9.22. The van der Waals surface area contributed by atoms with E-state index in [2.05, 4.69) is 11.9 Å². The molecule has 0 bridgehead atoms. The van der Waals surface area contributed by atoms with Gasteiger partial charge in [-0.05, 0) is 18.7 Å². The number of nitrogens with zero attached hydrogens (tertiary/aromatic N) is 1. The molecule has 29 heavy (non-hydrogen) atoms. The van der Waals surface area contributed by atoms with Crippen molar-refractivity contribution in [3.63, 3.8) is 0 Å². The van der Waals surface area contributed by atoms with Gasteiger partial charge in [-0.3, -0.25) is 9.55 Å². The Balaban J connectivity index is 0. The first-order valence-corrected chi connectivity index (χ1v) is 12.9. The molecule has 0 saturated heterocycles. The molecule has 0 aliphatic heterocycles. The van der Waals surface area contributed by atoms with Gasteiger partial charge in [0.2, 0.25) is 0 Å². The fourth-order valence-corrected chi connectivity index (χ4v) is 3.46. The van der Waals surface area contributed by atoms with Crippen LogP contribution in [0.25, 0.3) is 0 Å². The summed E-state index contributed by atoms with van der Waals surface area (Å²) in [6.45, 7) is 2.07. The van der Waals surface area contributed by atoms with Crippen LogP contribution >= 0.6 is 0 Å². The van der Waals surface area contributed by atoms with E-state index < -0.39 is 21.8 Å². The van der Waals surface area contributed by atoms with Crippen molar-refractivity contribution in [2.75, 3.05) is 12.3 Å². The van der Waals surface area contributed by atoms with Gasteiger partial charge in [0.25, 0.3) is 10.1 Å². The third kappa shape index (κ3) is 28.1. The van der Waals surface area contributed by atoms with E-state index in [0.29, 0.717) is 0 Å². The van der Waals surface area contributed by atoms with Crippen molar-refractivity contribution in [3.05, 3.63) is 12.2 Å². The molecule has 0 spiro atoms. The van der Waals surface area contributed by atoms with Crippen LogP contribution in [0.2, 0.25) is 0 Å². The Morgan fingerprint density at radius 1 is 0.828 bits per heavy atom. The quantitative estimate of drug-likeness (QED) is 0.104. The minimum Gasteiger partial charge on any atom is -0.859 e. The summed E-state index contributed by atoms with van der Waals surface area (Å²) in [5, 5.41) is 11.4. The molecule has 0 atom stereocenters. The Hall–Kier alpha value is 0.120. The summed E-state index contributed by atoms with van der Waals surface area (Å²) in [6, 6.07) is 0. The minimum atomic E-state index is -4.04. The van der Waals surface area contributed by atoms with Crippen molar-refractivity contribution in [3.8, 4) is 0 Å². The van der Waals surface area contributed by atoms with Gasteiger partial charge < -0.3 is 5.11 Å². The maximum Gasteiger partial charge on any atom is 1.00 e. The zero-order chi connectivity index (χ0) is 20.9. The molecule has 0 aliphatic carbocycles. The summed E-state index contributed by atoms with van der Waals surface area (Å²) in [6.07, 6.45) is 24.0. The van der Waals surface area contributed by atoms with E-state index in [1.165, 1.54) is 96.0 Å². The summed E-state index contributed by atoms with van der Waals surface area (Å²) in [7, 11) is -4.04. The summed E-state index contributed by atoms with van der Waals surface area (Å²) in [5.74, 6) is -0.948. The molecule has 0 aromatic carbocycles. The Bertz CT molecular complexity index is 507. The molecule has 0 aromatic heterocycles. The van der Waals surface area contributed by atoms with Gasteiger partial charge in [-0.15, -0.1) is 0 Å². The van der Waals surface area contributed by atoms with Crippen molar-refractivity contribution in [2.45, 2.75) is 110 Å². The topological polar surface area (TPSA) is 89.8 Å². The fourth-order valence-electron chi connectivity index (χ4n) is 3.14.